The Balaban J connectivity index is 2.35. The van der Waals surface area contributed by atoms with Gasteiger partial charge in [0.25, 0.3) is 0 Å². The number of hydrogen-bond acceptors (Lipinski definition) is 4. The van der Waals surface area contributed by atoms with E-state index in [1.165, 1.54) is 24.3 Å². The minimum Gasteiger partial charge on any atom is -0.504 e. The van der Waals surface area contributed by atoms with Crippen LogP contribution in [0.1, 0.15) is 15.9 Å². The second-order valence-electron chi connectivity index (χ2n) is 4.46. The molecule has 2 aromatic rings. The molecule has 0 heterocycles. The predicted octanol–water partition coefficient (Wildman–Crippen LogP) is 3.42. The average Bonchev–Trinajstić information content (AvgIpc) is 2.66. The van der Waals surface area contributed by atoms with Crippen molar-refractivity contribution in [3.63, 3.8) is 0 Å². The van der Waals surface area contributed by atoms with Gasteiger partial charge < -0.3 is 9.84 Å². The molecule has 0 unspecified atom stereocenters. The summed E-state index contributed by atoms with van der Waals surface area (Å²) in [6.07, 6.45) is 2.89. The molecule has 0 aliphatic heterocycles. The van der Waals surface area contributed by atoms with Gasteiger partial charge in [-0.15, -0.1) is 0 Å². The Labute approximate surface area is 135 Å². The number of hydrogen-bond donors (Lipinski definition) is 1. The number of allylic oxidation sites excluding steroid dienone is 1. The van der Waals surface area contributed by atoms with Gasteiger partial charge in [-0.05, 0) is 42.0 Å². The molecular formula is C17H13BrO4. The van der Waals surface area contributed by atoms with Crippen LogP contribution in [0.5, 0.6) is 11.5 Å². The number of halogens is 1. The lowest BCUT2D eigenvalue weighted by atomic mass is 10.1. The van der Waals surface area contributed by atoms with Gasteiger partial charge in [-0.3, -0.25) is 9.59 Å². The highest BCUT2D eigenvalue weighted by molar-refractivity contribution is 9.10. The molecule has 22 heavy (non-hydrogen) atoms. The molecule has 0 bridgehead atoms. The van der Waals surface area contributed by atoms with E-state index in [-0.39, 0.29) is 5.56 Å². The first-order chi connectivity index (χ1) is 10.5. The van der Waals surface area contributed by atoms with Gasteiger partial charge in [-0.25, -0.2) is 0 Å². The molecule has 0 aliphatic rings. The number of carbonyl (C=O) groups excluding carboxylic acids is 1. The first kappa shape index (κ1) is 16.0. The summed E-state index contributed by atoms with van der Waals surface area (Å²) in [4.78, 5) is 23.8. The molecule has 0 aliphatic carbocycles. The van der Waals surface area contributed by atoms with Crippen LogP contribution in [0.25, 0.3) is 6.08 Å². The van der Waals surface area contributed by atoms with E-state index in [4.69, 9.17) is 4.74 Å². The van der Waals surface area contributed by atoms with Crippen LogP contribution in [-0.4, -0.2) is 18.0 Å². The zero-order valence-electron chi connectivity index (χ0n) is 11.7. The Kier molecular flexibility index (Phi) is 5.12. The molecule has 0 aromatic heterocycles. The van der Waals surface area contributed by atoms with Crippen LogP contribution in [0, 0.1) is 0 Å². The van der Waals surface area contributed by atoms with Crippen molar-refractivity contribution in [1.29, 1.82) is 0 Å². The highest BCUT2D eigenvalue weighted by atomic mass is 79.9. The summed E-state index contributed by atoms with van der Waals surface area (Å²) in [7, 11) is 1.56. The molecule has 2 rings (SSSR count). The second-order valence-corrected chi connectivity index (χ2v) is 5.38. The highest BCUT2D eigenvalue weighted by Gasteiger charge is 2.10. The Bertz CT molecular complexity index is 797. The monoisotopic (exact) mass is 360 g/mol. The maximum absolute atomic E-state index is 12.2. The van der Waals surface area contributed by atoms with Crippen molar-refractivity contribution >= 4 is 27.8 Å². The van der Waals surface area contributed by atoms with Crippen molar-refractivity contribution in [3.05, 3.63) is 74.4 Å². The lowest BCUT2D eigenvalue weighted by Gasteiger charge is -2.00. The van der Waals surface area contributed by atoms with E-state index in [9.17, 15) is 14.7 Å². The Hall–Kier alpha value is -2.40. The summed E-state index contributed by atoms with van der Waals surface area (Å²) in [6.45, 7) is 0. The largest absolute Gasteiger partial charge is 0.504 e. The summed E-state index contributed by atoms with van der Waals surface area (Å²) in [5.41, 5.74) is 0.110. The molecule has 1 N–H and O–H groups in total. The van der Waals surface area contributed by atoms with Crippen molar-refractivity contribution in [2.75, 3.05) is 7.11 Å². The fourth-order valence-corrected chi connectivity index (χ4v) is 2.18. The van der Waals surface area contributed by atoms with Crippen LogP contribution in [0.15, 0.2) is 57.8 Å². The maximum atomic E-state index is 12.2. The minimum atomic E-state index is -0.608. The Morgan fingerprint density at radius 2 is 2.00 bits per heavy atom. The minimum absolute atomic E-state index is 0.0546. The molecule has 0 saturated carbocycles. The quantitative estimate of drug-likeness (QED) is 0.670. The molecule has 0 amide bonds. The van der Waals surface area contributed by atoms with Crippen LogP contribution in [-0.2, 0) is 0 Å². The van der Waals surface area contributed by atoms with Crippen molar-refractivity contribution < 1.29 is 14.6 Å². The van der Waals surface area contributed by atoms with Gasteiger partial charge in [0.05, 0.1) is 12.7 Å². The van der Waals surface area contributed by atoms with Gasteiger partial charge in [0, 0.05) is 4.47 Å². The molecule has 0 radical (unpaired) electrons. The molecule has 4 nitrogen and oxygen atoms in total. The molecule has 5 heteroatoms. The molecule has 0 atom stereocenters. The average molecular weight is 361 g/mol. The van der Waals surface area contributed by atoms with Crippen molar-refractivity contribution in [2.24, 2.45) is 0 Å². The van der Waals surface area contributed by atoms with E-state index in [0.717, 1.165) is 5.56 Å². The summed E-state index contributed by atoms with van der Waals surface area (Å²) < 4.78 is 5.63. The number of carbonyl (C=O) groups is 1. The van der Waals surface area contributed by atoms with Gasteiger partial charge in [-0.2, -0.15) is 0 Å². The number of benzene rings is 1. The maximum Gasteiger partial charge on any atom is 0.220 e. The van der Waals surface area contributed by atoms with Crippen molar-refractivity contribution in [3.8, 4) is 11.5 Å². The standard InChI is InChI=1S/C17H13BrO4/c1-22-13-4-2-3-11(9-13)5-7-15(19)14-10-12(18)6-8-16(20)17(14)21/h2-10H,1H3,(H,20,21)/b7-5+. The van der Waals surface area contributed by atoms with Gasteiger partial charge >= 0.3 is 0 Å². The van der Waals surface area contributed by atoms with Gasteiger partial charge in [0.1, 0.15) is 5.75 Å². The number of ketones is 1. The SMILES string of the molecule is COc1cccc(/C=C/C(=O)c2cc(Br)ccc(=O)c2O)c1. The van der Waals surface area contributed by atoms with Crippen molar-refractivity contribution in [1.82, 2.24) is 0 Å². The summed E-state index contributed by atoms with van der Waals surface area (Å²) in [5, 5.41) is 9.82. The first-order valence-corrected chi connectivity index (χ1v) is 7.20. The summed E-state index contributed by atoms with van der Waals surface area (Å²) in [6, 6.07) is 11.3. The van der Waals surface area contributed by atoms with E-state index in [1.54, 1.807) is 31.4 Å². The molecular weight excluding hydrogens is 348 g/mol. The van der Waals surface area contributed by atoms with E-state index in [0.29, 0.717) is 10.2 Å². The normalized spacial score (nSPS) is 10.6. The van der Waals surface area contributed by atoms with Crippen LogP contribution in [0.2, 0.25) is 0 Å². The summed E-state index contributed by atoms with van der Waals surface area (Å²) >= 11 is 3.20. The fourth-order valence-electron chi connectivity index (χ4n) is 1.82. The Morgan fingerprint density at radius 1 is 1.23 bits per heavy atom. The lowest BCUT2D eigenvalue weighted by Crippen LogP contribution is -2.01. The van der Waals surface area contributed by atoms with Gasteiger partial charge in [0.2, 0.25) is 5.43 Å². The van der Waals surface area contributed by atoms with Crippen LogP contribution < -0.4 is 10.2 Å². The molecule has 2 aromatic carbocycles. The third-order valence-corrected chi connectivity index (χ3v) is 3.44. The van der Waals surface area contributed by atoms with E-state index < -0.39 is 17.0 Å². The number of ether oxygens (including phenoxy) is 1. The summed E-state index contributed by atoms with van der Waals surface area (Å²) in [5.74, 6) is -0.353. The van der Waals surface area contributed by atoms with Crippen LogP contribution >= 0.6 is 15.9 Å². The Morgan fingerprint density at radius 3 is 2.73 bits per heavy atom. The lowest BCUT2D eigenvalue weighted by molar-refractivity contribution is 0.104. The second kappa shape index (κ2) is 7.04. The molecule has 0 spiro atoms. The smallest absolute Gasteiger partial charge is 0.220 e. The van der Waals surface area contributed by atoms with Crippen LogP contribution in [0.4, 0.5) is 0 Å². The van der Waals surface area contributed by atoms with E-state index in [2.05, 4.69) is 15.9 Å². The molecule has 0 fully saturated rings. The number of methoxy groups -OCH3 is 1. The molecule has 0 saturated heterocycles. The highest BCUT2D eigenvalue weighted by Crippen LogP contribution is 2.18. The van der Waals surface area contributed by atoms with Crippen LogP contribution in [0.3, 0.4) is 0 Å². The predicted molar refractivity (Wildman–Crippen MR) is 88.4 cm³/mol. The fraction of sp³-hybridized carbons (Fsp3) is 0.0588. The first-order valence-electron chi connectivity index (χ1n) is 6.40. The zero-order chi connectivity index (χ0) is 16.1. The van der Waals surface area contributed by atoms with Gasteiger partial charge in [0.15, 0.2) is 11.5 Å². The van der Waals surface area contributed by atoms with E-state index >= 15 is 0 Å². The van der Waals surface area contributed by atoms with Crippen molar-refractivity contribution in [2.45, 2.75) is 0 Å². The number of aromatic hydroxyl groups is 1. The molecule has 112 valence electrons. The van der Waals surface area contributed by atoms with Gasteiger partial charge in [-0.1, -0.05) is 34.1 Å². The zero-order valence-corrected chi connectivity index (χ0v) is 13.3. The van der Waals surface area contributed by atoms with E-state index in [1.807, 2.05) is 6.07 Å². The third kappa shape index (κ3) is 3.83. The topological polar surface area (TPSA) is 63.6 Å². The third-order valence-electron chi connectivity index (χ3n) is 2.95. The number of rotatable bonds is 4.